The van der Waals surface area contributed by atoms with Crippen molar-refractivity contribution < 1.29 is 4.79 Å². The van der Waals surface area contributed by atoms with E-state index in [-0.39, 0.29) is 5.91 Å². The van der Waals surface area contributed by atoms with Crippen LogP contribution in [0.4, 0.5) is 5.69 Å². The van der Waals surface area contributed by atoms with Crippen LogP contribution in [-0.4, -0.2) is 30.2 Å². The van der Waals surface area contributed by atoms with E-state index in [1.54, 1.807) is 0 Å². The summed E-state index contributed by atoms with van der Waals surface area (Å²) in [6.45, 7) is 3.11. The number of rotatable bonds is 3. The maximum absolute atomic E-state index is 12.5. The van der Waals surface area contributed by atoms with Crippen molar-refractivity contribution in [3.05, 3.63) is 41.1 Å². The standard InChI is InChI=1S/C18H23N3O/c1-13-8-10-14(11-9-13)19-18(22)15-5-3-6-16(15)20-17-7-4-12-21(17)2/h8-11H,3-7,12H2,1-2H3,(H,19,22). The van der Waals surface area contributed by atoms with Crippen LogP contribution in [0.15, 0.2) is 40.5 Å². The van der Waals surface area contributed by atoms with Crippen LogP contribution < -0.4 is 5.32 Å². The van der Waals surface area contributed by atoms with Crippen LogP contribution in [0, 0.1) is 6.92 Å². The molecule has 4 nitrogen and oxygen atoms in total. The lowest BCUT2D eigenvalue weighted by atomic mass is 10.2. The van der Waals surface area contributed by atoms with E-state index < -0.39 is 0 Å². The van der Waals surface area contributed by atoms with Crippen LogP contribution in [-0.2, 0) is 4.79 Å². The van der Waals surface area contributed by atoms with Crippen LogP contribution in [0.5, 0.6) is 0 Å². The van der Waals surface area contributed by atoms with E-state index in [1.807, 2.05) is 31.2 Å². The molecule has 0 atom stereocenters. The molecule has 1 aliphatic heterocycles. The highest BCUT2D eigenvalue weighted by atomic mass is 16.1. The number of hydrogen-bond acceptors (Lipinski definition) is 2. The molecule has 0 spiro atoms. The summed E-state index contributed by atoms with van der Waals surface area (Å²) >= 11 is 0. The number of hydrogen-bond donors (Lipinski definition) is 1. The predicted octanol–water partition coefficient (Wildman–Crippen LogP) is 3.50. The van der Waals surface area contributed by atoms with Crippen LogP contribution in [0.1, 0.15) is 37.7 Å². The van der Waals surface area contributed by atoms with Gasteiger partial charge >= 0.3 is 0 Å². The van der Waals surface area contributed by atoms with Gasteiger partial charge in [0.1, 0.15) is 5.84 Å². The average molecular weight is 297 g/mol. The van der Waals surface area contributed by atoms with Gasteiger partial charge in [-0.05, 0) is 44.7 Å². The Morgan fingerprint density at radius 3 is 2.59 bits per heavy atom. The minimum Gasteiger partial charge on any atom is -0.363 e. The number of amides is 1. The first-order chi connectivity index (χ1) is 10.6. The van der Waals surface area contributed by atoms with E-state index >= 15 is 0 Å². The van der Waals surface area contributed by atoms with Crippen molar-refractivity contribution in [3.63, 3.8) is 0 Å². The van der Waals surface area contributed by atoms with Gasteiger partial charge in [-0.15, -0.1) is 0 Å². The smallest absolute Gasteiger partial charge is 0.253 e. The maximum atomic E-state index is 12.5. The summed E-state index contributed by atoms with van der Waals surface area (Å²) in [5.41, 5.74) is 3.87. The molecule has 0 radical (unpaired) electrons. The molecule has 1 N–H and O–H groups in total. The molecule has 1 aliphatic carbocycles. The van der Waals surface area contributed by atoms with E-state index in [4.69, 9.17) is 4.99 Å². The quantitative estimate of drug-likeness (QED) is 0.928. The summed E-state index contributed by atoms with van der Waals surface area (Å²) in [6, 6.07) is 7.90. The first kappa shape index (κ1) is 14.8. The second kappa shape index (κ2) is 6.34. The fraction of sp³-hybridized carbons (Fsp3) is 0.444. The highest BCUT2D eigenvalue weighted by molar-refractivity contribution is 6.04. The van der Waals surface area contributed by atoms with Crippen LogP contribution >= 0.6 is 0 Å². The SMILES string of the molecule is Cc1ccc(NC(=O)C2=C(N=C3CCCN3C)CCC2)cc1. The molecule has 3 rings (SSSR count). The number of anilines is 1. The molecule has 1 aromatic rings. The molecule has 0 unspecified atom stereocenters. The molecule has 0 aromatic heterocycles. The highest BCUT2D eigenvalue weighted by Crippen LogP contribution is 2.29. The third-order valence-corrected chi connectivity index (χ3v) is 4.37. The Hall–Kier alpha value is -2.10. The molecule has 1 aromatic carbocycles. The largest absolute Gasteiger partial charge is 0.363 e. The maximum Gasteiger partial charge on any atom is 0.253 e. The molecular formula is C18H23N3O. The first-order valence-electron chi connectivity index (χ1n) is 8.02. The van der Waals surface area contributed by atoms with Crippen LogP contribution in [0.25, 0.3) is 0 Å². The van der Waals surface area contributed by atoms with Gasteiger partial charge in [0, 0.05) is 31.3 Å². The monoisotopic (exact) mass is 297 g/mol. The Morgan fingerprint density at radius 1 is 1.14 bits per heavy atom. The topological polar surface area (TPSA) is 44.7 Å². The van der Waals surface area contributed by atoms with Gasteiger partial charge in [0.2, 0.25) is 0 Å². The number of likely N-dealkylation sites (tertiary alicyclic amines) is 1. The van der Waals surface area contributed by atoms with E-state index in [9.17, 15) is 4.79 Å². The Morgan fingerprint density at radius 2 is 1.91 bits per heavy atom. The van der Waals surface area contributed by atoms with E-state index in [0.717, 1.165) is 61.4 Å². The number of carbonyl (C=O) groups excluding carboxylic acids is 1. The van der Waals surface area contributed by atoms with Gasteiger partial charge in [0.05, 0.1) is 5.70 Å². The number of carbonyl (C=O) groups is 1. The summed E-state index contributed by atoms with van der Waals surface area (Å²) in [5, 5.41) is 3.00. The van der Waals surface area contributed by atoms with Gasteiger partial charge in [0.15, 0.2) is 0 Å². The summed E-state index contributed by atoms with van der Waals surface area (Å²) in [6.07, 6.45) is 4.94. The third kappa shape index (κ3) is 3.21. The normalized spacial score (nSPS) is 20.1. The zero-order valence-electron chi connectivity index (χ0n) is 13.4. The molecule has 1 saturated heterocycles. The van der Waals surface area contributed by atoms with Crippen LogP contribution in [0.3, 0.4) is 0 Å². The van der Waals surface area contributed by atoms with E-state index in [2.05, 4.69) is 17.3 Å². The highest BCUT2D eigenvalue weighted by Gasteiger charge is 2.23. The van der Waals surface area contributed by atoms with Gasteiger partial charge in [-0.2, -0.15) is 0 Å². The molecule has 2 aliphatic rings. The summed E-state index contributed by atoms with van der Waals surface area (Å²) in [5.74, 6) is 1.12. The van der Waals surface area contributed by atoms with Crippen molar-refractivity contribution in [2.45, 2.75) is 39.0 Å². The van der Waals surface area contributed by atoms with Crippen molar-refractivity contribution in [1.82, 2.24) is 4.90 Å². The molecule has 1 amide bonds. The zero-order chi connectivity index (χ0) is 15.5. The first-order valence-corrected chi connectivity index (χ1v) is 8.02. The summed E-state index contributed by atoms with van der Waals surface area (Å²) in [4.78, 5) is 19.5. The molecule has 4 heteroatoms. The Balaban J connectivity index is 1.77. The van der Waals surface area contributed by atoms with Crippen molar-refractivity contribution in [1.29, 1.82) is 0 Å². The van der Waals surface area contributed by atoms with Gasteiger partial charge in [-0.25, -0.2) is 4.99 Å². The average Bonchev–Trinajstić information content (AvgIpc) is 3.12. The van der Waals surface area contributed by atoms with Crippen LogP contribution in [0.2, 0.25) is 0 Å². The fourth-order valence-electron chi connectivity index (χ4n) is 3.03. The number of aliphatic imine (C=N–C) groups is 1. The molecule has 0 saturated carbocycles. The summed E-state index contributed by atoms with van der Waals surface area (Å²) < 4.78 is 0. The van der Waals surface area contributed by atoms with Crippen molar-refractivity contribution in [2.75, 3.05) is 18.9 Å². The predicted molar refractivity (Wildman–Crippen MR) is 90.0 cm³/mol. The zero-order valence-corrected chi connectivity index (χ0v) is 13.4. The molecule has 116 valence electrons. The number of benzene rings is 1. The minimum atomic E-state index is 0.00125. The van der Waals surface area contributed by atoms with Gasteiger partial charge in [-0.3, -0.25) is 4.79 Å². The van der Waals surface area contributed by atoms with Crippen molar-refractivity contribution >= 4 is 17.4 Å². The number of nitrogens with zero attached hydrogens (tertiary/aromatic N) is 2. The summed E-state index contributed by atoms with van der Waals surface area (Å²) in [7, 11) is 2.08. The molecule has 0 bridgehead atoms. The lowest BCUT2D eigenvalue weighted by Gasteiger charge is -2.12. The Kier molecular flexibility index (Phi) is 4.27. The van der Waals surface area contributed by atoms with Crippen molar-refractivity contribution in [2.24, 2.45) is 4.99 Å². The number of allylic oxidation sites excluding steroid dienone is 1. The number of aryl methyl sites for hydroxylation is 1. The molecular weight excluding hydrogens is 274 g/mol. The second-order valence-corrected chi connectivity index (χ2v) is 6.15. The Labute approximate surface area is 131 Å². The number of amidine groups is 1. The van der Waals surface area contributed by atoms with E-state index in [0.29, 0.717) is 0 Å². The Bertz CT molecular complexity index is 628. The lowest BCUT2D eigenvalue weighted by molar-refractivity contribution is -0.113. The number of nitrogens with one attached hydrogen (secondary N) is 1. The molecule has 1 heterocycles. The minimum absolute atomic E-state index is 0.00125. The lowest BCUT2D eigenvalue weighted by Crippen LogP contribution is -2.19. The third-order valence-electron chi connectivity index (χ3n) is 4.37. The van der Waals surface area contributed by atoms with E-state index in [1.165, 1.54) is 5.56 Å². The molecule has 1 fully saturated rings. The van der Waals surface area contributed by atoms with Gasteiger partial charge in [-0.1, -0.05) is 17.7 Å². The van der Waals surface area contributed by atoms with Gasteiger partial charge < -0.3 is 10.2 Å². The van der Waals surface area contributed by atoms with Gasteiger partial charge in [0.25, 0.3) is 5.91 Å². The molecule has 22 heavy (non-hydrogen) atoms. The van der Waals surface area contributed by atoms with Crippen molar-refractivity contribution in [3.8, 4) is 0 Å². The second-order valence-electron chi connectivity index (χ2n) is 6.15. The fourth-order valence-corrected chi connectivity index (χ4v) is 3.03.